The molecule has 18 heavy (non-hydrogen) atoms. The highest BCUT2D eigenvalue weighted by molar-refractivity contribution is 5.98. The number of hydrogen-bond donors (Lipinski definition) is 2. The number of carbonyl (C=O) groups excluding carboxylic acids is 1. The fourth-order valence-corrected chi connectivity index (χ4v) is 2.39. The van der Waals surface area contributed by atoms with Gasteiger partial charge in [-0.3, -0.25) is 9.36 Å². The molecule has 2 aromatic rings. The van der Waals surface area contributed by atoms with Gasteiger partial charge in [-0.15, -0.1) is 0 Å². The fraction of sp³-hybridized carbons (Fsp3) is 0.231. The second-order valence-corrected chi connectivity index (χ2v) is 4.32. The van der Waals surface area contributed by atoms with Crippen LogP contribution >= 0.6 is 0 Å². The number of nitrogens with one attached hydrogen (secondary N) is 1. The van der Waals surface area contributed by atoms with E-state index >= 15 is 0 Å². The Balaban J connectivity index is 2.30. The van der Waals surface area contributed by atoms with Crippen molar-refractivity contribution in [2.45, 2.75) is 19.6 Å². The predicted octanol–water partition coefficient (Wildman–Crippen LogP) is 1.17. The smallest absolute Gasteiger partial charge is 0.253 e. The van der Waals surface area contributed by atoms with Gasteiger partial charge in [0.2, 0.25) is 0 Å². The highest BCUT2D eigenvalue weighted by Crippen LogP contribution is 2.27. The maximum atomic E-state index is 12.1. The minimum absolute atomic E-state index is 0.106. The van der Waals surface area contributed by atoms with Crippen LogP contribution < -0.4 is 5.32 Å². The summed E-state index contributed by atoms with van der Waals surface area (Å²) in [5.74, 6) is -0.106. The van der Waals surface area contributed by atoms with Crippen LogP contribution in [0.3, 0.4) is 0 Å². The van der Waals surface area contributed by atoms with Crippen molar-refractivity contribution in [3.8, 4) is 5.69 Å². The summed E-state index contributed by atoms with van der Waals surface area (Å²) in [6.45, 7) is 1.75. The average Bonchev–Trinajstić information content (AvgIpc) is 2.78. The molecule has 0 fully saturated rings. The number of rotatable bonds is 1. The molecule has 0 radical (unpaired) electrons. The van der Waals surface area contributed by atoms with Crippen molar-refractivity contribution in [1.29, 1.82) is 0 Å². The Morgan fingerprint density at radius 2 is 2.22 bits per heavy atom. The summed E-state index contributed by atoms with van der Waals surface area (Å²) in [5.41, 5.74) is 2.84. The molecule has 1 aromatic heterocycles. The number of amides is 1. The first-order chi connectivity index (χ1) is 8.72. The van der Waals surface area contributed by atoms with Crippen LogP contribution in [0, 0.1) is 0 Å². The molecule has 1 aliphatic heterocycles. The SMILES string of the molecule is C[C@@H]1NC(=O)c2ccccc2-n2cnc(CO)c21. The van der Waals surface area contributed by atoms with E-state index in [9.17, 15) is 9.90 Å². The van der Waals surface area contributed by atoms with Gasteiger partial charge in [-0.1, -0.05) is 12.1 Å². The van der Waals surface area contributed by atoms with E-state index in [2.05, 4.69) is 10.3 Å². The van der Waals surface area contributed by atoms with Crippen molar-refractivity contribution in [3.05, 3.63) is 47.5 Å². The second-order valence-electron chi connectivity index (χ2n) is 4.32. The molecule has 3 rings (SSSR count). The Labute approximate surface area is 104 Å². The quantitative estimate of drug-likeness (QED) is 0.790. The molecule has 0 unspecified atom stereocenters. The maximum absolute atomic E-state index is 12.1. The average molecular weight is 243 g/mol. The van der Waals surface area contributed by atoms with Crippen LogP contribution in [0.4, 0.5) is 0 Å². The Kier molecular flexibility index (Phi) is 2.41. The van der Waals surface area contributed by atoms with E-state index in [0.717, 1.165) is 11.4 Å². The van der Waals surface area contributed by atoms with Gasteiger partial charge in [-0.2, -0.15) is 0 Å². The molecule has 1 aromatic carbocycles. The van der Waals surface area contributed by atoms with Gasteiger partial charge in [0.15, 0.2) is 0 Å². The summed E-state index contributed by atoms with van der Waals surface area (Å²) in [6, 6.07) is 7.18. The van der Waals surface area contributed by atoms with Gasteiger partial charge in [-0.25, -0.2) is 4.98 Å². The zero-order valence-electron chi connectivity index (χ0n) is 9.92. The summed E-state index contributed by atoms with van der Waals surface area (Å²) in [6.07, 6.45) is 1.65. The first-order valence-electron chi connectivity index (χ1n) is 5.79. The molecular weight excluding hydrogens is 230 g/mol. The number of fused-ring (bicyclic) bond motifs is 3. The molecule has 0 aliphatic carbocycles. The van der Waals surface area contributed by atoms with Crippen molar-refractivity contribution in [1.82, 2.24) is 14.9 Å². The van der Waals surface area contributed by atoms with E-state index < -0.39 is 0 Å². The summed E-state index contributed by atoms with van der Waals surface area (Å²) < 4.78 is 1.86. The van der Waals surface area contributed by atoms with Crippen LogP contribution in [0.5, 0.6) is 0 Å². The molecule has 2 heterocycles. The van der Waals surface area contributed by atoms with Crippen LogP contribution in [-0.4, -0.2) is 20.6 Å². The van der Waals surface area contributed by atoms with Crippen LogP contribution in [0.1, 0.15) is 34.7 Å². The standard InChI is InChI=1S/C13H13N3O2/c1-8-12-10(6-17)14-7-16(12)11-5-3-2-4-9(11)13(18)15-8/h2-5,7-8,17H,6H2,1H3,(H,15,18)/t8-/m0/s1. The number of aliphatic hydroxyl groups excluding tert-OH is 1. The largest absolute Gasteiger partial charge is 0.390 e. The molecule has 2 N–H and O–H groups in total. The normalized spacial score (nSPS) is 17.7. The van der Waals surface area contributed by atoms with Gasteiger partial charge in [0.1, 0.15) is 0 Å². The summed E-state index contributed by atoms with van der Waals surface area (Å²) in [7, 11) is 0. The number of aromatic nitrogens is 2. The maximum Gasteiger partial charge on any atom is 0.253 e. The lowest BCUT2D eigenvalue weighted by Crippen LogP contribution is -2.25. The Bertz CT molecular complexity index is 618. The van der Waals surface area contributed by atoms with Gasteiger partial charge in [0.25, 0.3) is 5.91 Å². The van der Waals surface area contributed by atoms with Gasteiger partial charge < -0.3 is 10.4 Å². The zero-order valence-corrected chi connectivity index (χ0v) is 9.92. The van der Waals surface area contributed by atoms with Crippen molar-refractivity contribution >= 4 is 5.91 Å². The fourth-order valence-electron chi connectivity index (χ4n) is 2.39. The Morgan fingerprint density at radius 3 is 3.00 bits per heavy atom. The van der Waals surface area contributed by atoms with E-state index in [0.29, 0.717) is 11.3 Å². The molecule has 0 saturated heterocycles. The van der Waals surface area contributed by atoms with E-state index in [1.165, 1.54) is 0 Å². The molecular formula is C13H13N3O2. The Morgan fingerprint density at radius 1 is 1.44 bits per heavy atom. The monoisotopic (exact) mass is 243 g/mol. The lowest BCUT2D eigenvalue weighted by Gasteiger charge is -2.12. The zero-order chi connectivity index (χ0) is 12.7. The minimum Gasteiger partial charge on any atom is -0.390 e. The summed E-state index contributed by atoms with van der Waals surface area (Å²) >= 11 is 0. The molecule has 0 bridgehead atoms. The third-order valence-corrected chi connectivity index (χ3v) is 3.20. The highest BCUT2D eigenvalue weighted by atomic mass is 16.3. The first kappa shape index (κ1) is 11.0. The van der Waals surface area contributed by atoms with Crippen LogP contribution in [0.2, 0.25) is 0 Å². The molecule has 0 spiro atoms. The van der Waals surface area contributed by atoms with Gasteiger partial charge in [0.05, 0.1) is 41.6 Å². The van der Waals surface area contributed by atoms with Crippen LogP contribution in [0.15, 0.2) is 30.6 Å². The first-order valence-corrected chi connectivity index (χ1v) is 5.79. The minimum atomic E-state index is -0.186. The molecule has 5 heteroatoms. The number of benzene rings is 1. The predicted molar refractivity (Wildman–Crippen MR) is 65.4 cm³/mol. The van der Waals surface area contributed by atoms with E-state index in [1.54, 1.807) is 12.4 Å². The Hall–Kier alpha value is -2.14. The molecule has 0 saturated carbocycles. The molecule has 5 nitrogen and oxygen atoms in total. The number of hydrogen-bond acceptors (Lipinski definition) is 3. The highest BCUT2D eigenvalue weighted by Gasteiger charge is 2.26. The van der Waals surface area contributed by atoms with Crippen molar-refractivity contribution < 1.29 is 9.90 Å². The lowest BCUT2D eigenvalue weighted by molar-refractivity contribution is 0.0941. The molecule has 1 amide bonds. The topological polar surface area (TPSA) is 67.2 Å². The molecule has 92 valence electrons. The van der Waals surface area contributed by atoms with Gasteiger partial charge >= 0.3 is 0 Å². The van der Waals surface area contributed by atoms with Crippen molar-refractivity contribution in [2.75, 3.05) is 0 Å². The van der Waals surface area contributed by atoms with E-state index in [-0.39, 0.29) is 18.6 Å². The van der Waals surface area contributed by atoms with Crippen molar-refractivity contribution in [3.63, 3.8) is 0 Å². The van der Waals surface area contributed by atoms with Crippen molar-refractivity contribution in [2.24, 2.45) is 0 Å². The van der Waals surface area contributed by atoms with Gasteiger partial charge in [-0.05, 0) is 19.1 Å². The second kappa shape index (κ2) is 3.96. The third kappa shape index (κ3) is 1.44. The number of aliphatic hydroxyl groups is 1. The van der Waals surface area contributed by atoms with Crippen LogP contribution in [-0.2, 0) is 6.61 Å². The molecule has 1 aliphatic rings. The van der Waals surface area contributed by atoms with Gasteiger partial charge in [0, 0.05) is 0 Å². The summed E-state index contributed by atoms with van der Waals surface area (Å²) in [4.78, 5) is 16.3. The summed E-state index contributed by atoms with van der Waals surface area (Å²) in [5, 5.41) is 12.2. The molecule has 1 atom stereocenters. The number of imidazole rings is 1. The third-order valence-electron chi connectivity index (χ3n) is 3.20. The number of para-hydroxylation sites is 1. The number of nitrogens with zero attached hydrogens (tertiary/aromatic N) is 2. The number of carbonyl (C=O) groups is 1. The van der Waals surface area contributed by atoms with E-state index in [4.69, 9.17) is 0 Å². The van der Waals surface area contributed by atoms with E-state index in [1.807, 2.05) is 29.7 Å². The lowest BCUT2D eigenvalue weighted by atomic mass is 10.1. The van der Waals surface area contributed by atoms with Crippen LogP contribution in [0.25, 0.3) is 5.69 Å².